The predicted octanol–water partition coefficient (Wildman–Crippen LogP) is 0.201. The van der Waals surface area contributed by atoms with E-state index in [0.29, 0.717) is 26.2 Å². The average molecular weight is 754 g/mol. The second-order valence-electron chi connectivity index (χ2n) is 12.3. The minimum atomic E-state index is -1.38. The van der Waals surface area contributed by atoms with Crippen LogP contribution in [0.3, 0.4) is 0 Å². The molecule has 52 heavy (non-hydrogen) atoms. The summed E-state index contributed by atoms with van der Waals surface area (Å²) in [5.41, 5.74) is 0. The van der Waals surface area contributed by atoms with Crippen LogP contribution >= 0.6 is 0 Å². The standard InChI is InChI=1S/C10H18O5.C8H16O4.C8H16O3.C6H12O3.C5H12/c1-3-7(2)15-5-4-8(10(13)14)6-9(11)12;1-3-7(2)12-5-4-11-6-8(9)10;1-3-7(2)11-6-4-5-8(9)10;1-3-5(2)9-4-6(7)8;1-4-5(2)3/h7-8H,3-6H2,1-2H3,(H,11,12)(H,13,14);7H,3-6H2,1-2H3,(H,9,10);7H,3-6H2,1-2H3,(H,9,10);5H,3-4H2,1-2H3,(H,7,8);5H,4H2,1-3H3/p-5. The highest BCUT2D eigenvalue weighted by Gasteiger charge is 2.11. The predicted molar refractivity (Wildman–Crippen MR) is 186 cm³/mol. The van der Waals surface area contributed by atoms with E-state index in [2.05, 4.69) is 20.8 Å². The van der Waals surface area contributed by atoms with Gasteiger partial charge >= 0.3 is 0 Å². The molecule has 0 aliphatic heterocycles. The molecular formula is C37H69O15-5. The first kappa shape index (κ1) is 58.5. The molecule has 0 aromatic carbocycles. The first-order valence-electron chi connectivity index (χ1n) is 18.3. The van der Waals surface area contributed by atoms with E-state index in [1.807, 2.05) is 55.4 Å². The van der Waals surface area contributed by atoms with E-state index in [9.17, 15) is 49.5 Å². The first-order valence-corrected chi connectivity index (χ1v) is 18.3. The molecule has 0 aromatic heterocycles. The Balaban J connectivity index is -0.000000183. The molecule has 0 fully saturated rings. The highest BCUT2D eigenvalue weighted by molar-refractivity contribution is 5.75. The van der Waals surface area contributed by atoms with E-state index in [0.717, 1.165) is 31.6 Å². The Morgan fingerprint density at radius 2 is 0.885 bits per heavy atom. The van der Waals surface area contributed by atoms with Crippen LogP contribution < -0.4 is 25.5 Å². The zero-order valence-corrected chi connectivity index (χ0v) is 33.7. The molecule has 15 nitrogen and oxygen atoms in total. The van der Waals surface area contributed by atoms with Gasteiger partial charge in [-0.3, -0.25) is 0 Å². The maximum absolute atomic E-state index is 10.5. The van der Waals surface area contributed by atoms with Crippen LogP contribution in [0, 0.1) is 11.8 Å². The van der Waals surface area contributed by atoms with Crippen molar-refractivity contribution in [2.24, 2.45) is 11.8 Å². The third-order valence-corrected chi connectivity index (χ3v) is 6.99. The van der Waals surface area contributed by atoms with Crippen molar-refractivity contribution < 1.29 is 73.2 Å². The zero-order valence-electron chi connectivity index (χ0n) is 33.7. The lowest BCUT2D eigenvalue weighted by atomic mass is 10.0. The third kappa shape index (κ3) is 59.3. The average Bonchev–Trinajstić information content (AvgIpc) is 3.08. The minimum absolute atomic E-state index is 0.0166. The molecule has 312 valence electrons. The largest absolute Gasteiger partial charge is 0.550 e. The molecule has 0 N–H and O–H groups in total. The Labute approximate surface area is 312 Å². The number of hydrogen-bond acceptors (Lipinski definition) is 15. The van der Waals surface area contributed by atoms with Crippen molar-refractivity contribution >= 4 is 29.8 Å². The number of rotatable bonds is 26. The SMILES string of the molecule is CCC(C)C.CCC(C)OCC(=O)[O-].CCC(C)OCCC(CC(=O)[O-])C(=O)[O-].CCC(C)OCCCC(=O)[O-].CCC(C)OCCOCC(=O)[O-]. The van der Waals surface area contributed by atoms with Crippen LogP contribution in [0.2, 0.25) is 0 Å². The Morgan fingerprint density at radius 3 is 1.23 bits per heavy atom. The van der Waals surface area contributed by atoms with Crippen LogP contribution in [0.1, 0.15) is 134 Å². The zero-order chi connectivity index (χ0) is 41.5. The summed E-state index contributed by atoms with van der Waals surface area (Å²) >= 11 is 0. The van der Waals surface area contributed by atoms with Crippen LogP contribution in [-0.2, 0) is 47.7 Å². The summed E-state index contributed by atoms with van der Waals surface area (Å²) in [6.07, 6.45) is 5.64. The van der Waals surface area contributed by atoms with Gasteiger partial charge in [-0.2, -0.15) is 0 Å². The molecule has 0 aliphatic carbocycles. The summed E-state index contributed by atoms with van der Waals surface area (Å²) in [6, 6.07) is 0. The molecule has 0 radical (unpaired) electrons. The molecule has 0 saturated carbocycles. The molecular weight excluding hydrogens is 684 g/mol. The van der Waals surface area contributed by atoms with Crippen LogP contribution in [0.5, 0.6) is 0 Å². The summed E-state index contributed by atoms with van der Waals surface area (Å²) in [5, 5.41) is 50.4. The van der Waals surface area contributed by atoms with Crippen molar-refractivity contribution in [3.05, 3.63) is 0 Å². The second kappa shape index (κ2) is 42.6. The Kier molecular flexibility index (Phi) is 47.8. The second-order valence-corrected chi connectivity index (χ2v) is 12.3. The van der Waals surface area contributed by atoms with Gasteiger partial charge < -0.3 is 73.2 Å². The number of carbonyl (C=O) groups is 5. The monoisotopic (exact) mass is 753 g/mol. The van der Waals surface area contributed by atoms with Gasteiger partial charge in [0.15, 0.2) is 0 Å². The quantitative estimate of drug-likeness (QED) is 0.107. The fourth-order valence-corrected chi connectivity index (χ4v) is 2.56. The molecule has 0 amide bonds. The van der Waals surface area contributed by atoms with Crippen molar-refractivity contribution in [1.29, 1.82) is 0 Å². The lowest BCUT2D eigenvalue weighted by molar-refractivity contribution is -0.321. The van der Waals surface area contributed by atoms with Crippen molar-refractivity contribution in [3.63, 3.8) is 0 Å². The van der Waals surface area contributed by atoms with E-state index in [1.165, 1.54) is 6.42 Å². The van der Waals surface area contributed by atoms with Gasteiger partial charge in [-0.15, -0.1) is 0 Å². The van der Waals surface area contributed by atoms with Gasteiger partial charge in [-0.1, -0.05) is 54.9 Å². The normalized spacial score (nSPS) is 13.1. The maximum Gasteiger partial charge on any atom is 0.0864 e. The van der Waals surface area contributed by atoms with Crippen LogP contribution in [-0.4, -0.2) is 93.9 Å². The third-order valence-electron chi connectivity index (χ3n) is 6.99. The number of carboxylic acid groups (broad SMARTS) is 5. The number of hydrogen-bond donors (Lipinski definition) is 0. The van der Waals surface area contributed by atoms with Gasteiger partial charge in [-0.25, -0.2) is 0 Å². The minimum Gasteiger partial charge on any atom is -0.550 e. The molecule has 5 unspecified atom stereocenters. The van der Waals surface area contributed by atoms with Crippen molar-refractivity contribution in [2.45, 2.75) is 158 Å². The lowest BCUT2D eigenvalue weighted by Gasteiger charge is -2.19. The highest BCUT2D eigenvalue weighted by atomic mass is 16.5. The molecule has 0 bridgehead atoms. The van der Waals surface area contributed by atoms with E-state index < -0.39 is 42.2 Å². The van der Waals surface area contributed by atoms with Crippen molar-refractivity contribution in [3.8, 4) is 0 Å². The van der Waals surface area contributed by atoms with Crippen molar-refractivity contribution in [1.82, 2.24) is 0 Å². The topological polar surface area (TPSA) is 247 Å². The van der Waals surface area contributed by atoms with Crippen LogP contribution in [0.4, 0.5) is 0 Å². The van der Waals surface area contributed by atoms with Gasteiger partial charge in [0.05, 0.1) is 62.8 Å². The highest BCUT2D eigenvalue weighted by Crippen LogP contribution is 2.09. The number of aliphatic carboxylic acids is 5. The molecule has 0 heterocycles. The van der Waals surface area contributed by atoms with Crippen LogP contribution in [0.25, 0.3) is 0 Å². The van der Waals surface area contributed by atoms with Gasteiger partial charge in [0.2, 0.25) is 0 Å². The first-order chi connectivity index (χ1) is 24.2. The smallest absolute Gasteiger partial charge is 0.0864 e. The van der Waals surface area contributed by atoms with E-state index in [4.69, 9.17) is 23.7 Å². The lowest BCUT2D eigenvalue weighted by Crippen LogP contribution is -2.37. The number of carbonyl (C=O) groups excluding carboxylic acids is 5. The van der Waals surface area contributed by atoms with Gasteiger partial charge in [-0.05, 0) is 85.0 Å². The molecule has 0 aromatic rings. The number of carboxylic acids is 5. The summed E-state index contributed by atoms with van der Waals surface area (Å²) < 4.78 is 25.2. The molecule has 5 atom stereocenters. The van der Waals surface area contributed by atoms with Gasteiger partial charge in [0.1, 0.15) is 0 Å². The molecule has 0 saturated heterocycles. The molecule has 0 aliphatic rings. The summed E-state index contributed by atoms with van der Waals surface area (Å²) in [6.45, 7) is 23.0. The van der Waals surface area contributed by atoms with E-state index in [1.54, 1.807) is 0 Å². The van der Waals surface area contributed by atoms with Gasteiger partial charge in [0, 0.05) is 37.0 Å². The Morgan fingerprint density at radius 1 is 0.481 bits per heavy atom. The fourth-order valence-electron chi connectivity index (χ4n) is 2.56. The summed E-state index contributed by atoms with van der Waals surface area (Å²) in [7, 11) is 0. The van der Waals surface area contributed by atoms with Gasteiger partial charge in [0.25, 0.3) is 0 Å². The molecule has 15 heteroatoms. The Hall–Kier alpha value is -2.85. The summed E-state index contributed by atoms with van der Waals surface area (Å²) in [5.74, 6) is -6.25. The fraction of sp³-hybridized carbons (Fsp3) is 0.865. The summed E-state index contributed by atoms with van der Waals surface area (Å²) in [4.78, 5) is 50.4. The maximum atomic E-state index is 10.5. The van der Waals surface area contributed by atoms with Crippen molar-refractivity contribution in [2.75, 3.05) is 39.6 Å². The Bertz CT molecular complexity index is 851. The van der Waals surface area contributed by atoms with E-state index in [-0.39, 0.29) is 57.1 Å². The van der Waals surface area contributed by atoms with E-state index >= 15 is 0 Å². The molecule has 0 spiro atoms. The number of ether oxygens (including phenoxy) is 5. The van der Waals surface area contributed by atoms with Crippen LogP contribution in [0.15, 0.2) is 0 Å². The molecule has 0 rings (SSSR count).